The summed E-state index contributed by atoms with van der Waals surface area (Å²) in [6.45, 7) is 0. The minimum absolute atomic E-state index is 0.124. The number of nitrogens with zero attached hydrogens (tertiary/aromatic N) is 2. The number of carbonyl (C=O) groups is 1. The van der Waals surface area contributed by atoms with E-state index in [1.807, 2.05) is 72.8 Å². The molecule has 0 spiro atoms. The Hall–Kier alpha value is -3.77. The number of hydrogen-bond donors (Lipinski definition) is 1. The van der Waals surface area contributed by atoms with Crippen molar-refractivity contribution >= 4 is 33.1 Å². The third-order valence-corrected chi connectivity index (χ3v) is 5.76. The topological polar surface area (TPSA) is 68.0 Å². The lowest BCUT2D eigenvalue weighted by Crippen LogP contribution is -2.13. The summed E-state index contributed by atoms with van der Waals surface area (Å²) in [5.41, 5.74) is 4.43. The van der Waals surface area contributed by atoms with Gasteiger partial charge >= 0.3 is 0 Å². The molecule has 0 aliphatic carbocycles. The standard InChI is InChI=1S/C24H17N3O2S/c28-23(15-19-14-21(27-29-19)16-6-2-1-3-7-16)25-18-12-10-17(11-13-18)24-26-20-8-4-5-9-22(20)30-24/h1-14H,15H2,(H,25,28). The van der Waals surface area contributed by atoms with E-state index in [9.17, 15) is 4.79 Å². The van der Waals surface area contributed by atoms with Crippen LogP contribution in [0, 0.1) is 0 Å². The summed E-state index contributed by atoms with van der Waals surface area (Å²) in [4.78, 5) is 17.1. The lowest BCUT2D eigenvalue weighted by atomic mass is 10.1. The Kier molecular flexibility index (Phi) is 4.83. The van der Waals surface area contributed by atoms with E-state index in [0.717, 1.165) is 37.7 Å². The number of aromatic nitrogens is 2. The fraction of sp³-hybridized carbons (Fsp3) is 0.0417. The minimum Gasteiger partial charge on any atom is -0.360 e. The van der Waals surface area contributed by atoms with Crippen LogP contribution >= 0.6 is 11.3 Å². The van der Waals surface area contributed by atoms with Gasteiger partial charge in [-0.25, -0.2) is 4.98 Å². The molecule has 0 radical (unpaired) electrons. The first-order chi connectivity index (χ1) is 14.7. The molecular formula is C24H17N3O2S. The number of anilines is 1. The van der Waals surface area contributed by atoms with Gasteiger partial charge in [0.15, 0.2) is 0 Å². The monoisotopic (exact) mass is 411 g/mol. The average Bonchev–Trinajstić information content (AvgIpc) is 3.42. The molecule has 0 saturated carbocycles. The molecule has 3 aromatic carbocycles. The molecule has 0 atom stereocenters. The number of hydrogen-bond acceptors (Lipinski definition) is 5. The second-order valence-corrected chi connectivity index (χ2v) is 7.86. The molecule has 2 aromatic heterocycles. The van der Waals surface area contributed by atoms with Gasteiger partial charge in [-0.15, -0.1) is 11.3 Å². The predicted octanol–water partition coefficient (Wildman–Crippen LogP) is 5.80. The third kappa shape index (κ3) is 3.86. The van der Waals surface area contributed by atoms with Gasteiger partial charge in [0.25, 0.3) is 0 Å². The lowest BCUT2D eigenvalue weighted by molar-refractivity contribution is -0.115. The van der Waals surface area contributed by atoms with Crippen LogP contribution in [-0.4, -0.2) is 16.0 Å². The van der Waals surface area contributed by atoms with Crippen LogP contribution in [-0.2, 0) is 11.2 Å². The summed E-state index contributed by atoms with van der Waals surface area (Å²) in [5, 5.41) is 7.91. The van der Waals surface area contributed by atoms with Crippen LogP contribution in [0.3, 0.4) is 0 Å². The number of nitrogens with one attached hydrogen (secondary N) is 1. The summed E-state index contributed by atoms with van der Waals surface area (Å²) < 4.78 is 6.47. The van der Waals surface area contributed by atoms with E-state index in [2.05, 4.69) is 21.5 Å². The second-order valence-electron chi connectivity index (χ2n) is 6.83. The van der Waals surface area contributed by atoms with E-state index < -0.39 is 0 Å². The number of benzene rings is 3. The van der Waals surface area contributed by atoms with Crippen molar-refractivity contribution in [2.45, 2.75) is 6.42 Å². The van der Waals surface area contributed by atoms with Crippen LogP contribution < -0.4 is 5.32 Å². The molecule has 0 aliphatic heterocycles. The van der Waals surface area contributed by atoms with Crippen molar-refractivity contribution in [3.8, 4) is 21.8 Å². The zero-order chi connectivity index (χ0) is 20.3. The number of amides is 1. The highest BCUT2D eigenvalue weighted by Gasteiger charge is 2.12. The molecule has 0 fully saturated rings. The van der Waals surface area contributed by atoms with Crippen LogP contribution in [0.1, 0.15) is 5.76 Å². The van der Waals surface area contributed by atoms with Gasteiger partial charge in [-0.05, 0) is 36.4 Å². The van der Waals surface area contributed by atoms with E-state index in [1.54, 1.807) is 17.4 Å². The highest BCUT2D eigenvalue weighted by atomic mass is 32.1. The molecule has 2 heterocycles. The maximum atomic E-state index is 12.4. The summed E-state index contributed by atoms with van der Waals surface area (Å²) in [7, 11) is 0. The summed E-state index contributed by atoms with van der Waals surface area (Å²) in [6, 6.07) is 27.3. The van der Waals surface area contributed by atoms with Crippen molar-refractivity contribution < 1.29 is 9.32 Å². The van der Waals surface area contributed by atoms with Crippen LogP contribution in [0.15, 0.2) is 89.5 Å². The molecule has 5 rings (SSSR count). The molecule has 0 bridgehead atoms. The molecule has 1 amide bonds. The highest BCUT2D eigenvalue weighted by Crippen LogP contribution is 2.30. The van der Waals surface area contributed by atoms with Crippen LogP contribution in [0.25, 0.3) is 32.0 Å². The van der Waals surface area contributed by atoms with Crippen molar-refractivity contribution in [2.75, 3.05) is 5.32 Å². The Labute approximate surface area is 177 Å². The Morgan fingerprint density at radius 2 is 1.67 bits per heavy atom. The Balaban J connectivity index is 1.25. The predicted molar refractivity (Wildman–Crippen MR) is 119 cm³/mol. The van der Waals surface area contributed by atoms with E-state index in [0.29, 0.717) is 5.76 Å². The van der Waals surface area contributed by atoms with Crippen molar-refractivity contribution in [3.05, 3.63) is 90.7 Å². The number of carbonyl (C=O) groups excluding carboxylic acids is 1. The quantitative estimate of drug-likeness (QED) is 0.397. The smallest absolute Gasteiger partial charge is 0.232 e. The molecule has 6 heteroatoms. The maximum Gasteiger partial charge on any atom is 0.232 e. The van der Waals surface area contributed by atoms with Crippen molar-refractivity contribution in [2.24, 2.45) is 0 Å². The van der Waals surface area contributed by atoms with Crippen LogP contribution in [0.2, 0.25) is 0 Å². The van der Waals surface area contributed by atoms with Gasteiger partial charge in [-0.3, -0.25) is 4.79 Å². The van der Waals surface area contributed by atoms with Crippen LogP contribution in [0.5, 0.6) is 0 Å². The van der Waals surface area contributed by atoms with Crippen molar-refractivity contribution in [1.29, 1.82) is 0 Å². The Morgan fingerprint density at radius 3 is 2.47 bits per heavy atom. The molecule has 5 nitrogen and oxygen atoms in total. The van der Waals surface area contributed by atoms with Gasteiger partial charge in [0, 0.05) is 22.9 Å². The van der Waals surface area contributed by atoms with E-state index in [1.165, 1.54) is 0 Å². The lowest BCUT2D eigenvalue weighted by Gasteiger charge is -2.04. The summed E-state index contributed by atoms with van der Waals surface area (Å²) in [5.74, 6) is 0.371. The maximum absolute atomic E-state index is 12.4. The SMILES string of the molecule is O=C(Cc1cc(-c2ccccc2)no1)Nc1ccc(-c2nc3ccccc3s2)cc1. The highest BCUT2D eigenvalue weighted by molar-refractivity contribution is 7.21. The molecule has 1 N–H and O–H groups in total. The first kappa shape index (κ1) is 18.3. The molecular weight excluding hydrogens is 394 g/mol. The fourth-order valence-corrected chi connectivity index (χ4v) is 4.17. The molecule has 0 unspecified atom stereocenters. The van der Waals surface area contributed by atoms with Gasteiger partial charge in [0.2, 0.25) is 5.91 Å². The Bertz CT molecular complexity index is 1270. The fourth-order valence-electron chi connectivity index (χ4n) is 3.20. The molecule has 0 aliphatic rings. The van der Waals surface area contributed by atoms with Gasteiger partial charge in [0.1, 0.15) is 16.5 Å². The van der Waals surface area contributed by atoms with Gasteiger partial charge in [-0.2, -0.15) is 0 Å². The molecule has 30 heavy (non-hydrogen) atoms. The van der Waals surface area contributed by atoms with Crippen molar-refractivity contribution in [3.63, 3.8) is 0 Å². The van der Waals surface area contributed by atoms with E-state index >= 15 is 0 Å². The summed E-state index contributed by atoms with van der Waals surface area (Å²) >= 11 is 1.65. The zero-order valence-electron chi connectivity index (χ0n) is 15.9. The summed E-state index contributed by atoms with van der Waals surface area (Å²) in [6.07, 6.45) is 0.124. The minimum atomic E-state index is -0.154. The van der Waals surface area contributed by atoms with Gasteiger partial charge in [0.05, 0.1) is 16.6 Å². The number of thiazole rings is 1. The molecule has 5 aromatic rings. The largest absolute Gasteiger partial charge is 0.360 e. The average molecular weight is 411 g/mol. The number of fused-ring (bicyclic) bond motifs is 1. The molecule has 146 valence electrons. The molecule has 0 saturated heterocycles. The van der Waals surface area contributed by atoms with Gasteiger partial charge < -0.3 is 9.84 Å². The van der Waals surface area contributed by atoms with E-state index in [-0.39, 0.29) is 12.3 Å². The second kappa shape index (κ2) is 7.93. The zero-order valence-corrected chi connectivity index (χ0v) is 16.7. The van der Waals surface area contributed by atoms with Gasteiger partial charge in [-0.1, -0.05) is 47.6 Å². The van der Waals surface area contributed by atoms with Crippen LogP contribution in [0.4, 0.5) is 5.69 Å². The van der Waals surface area contributed by atoms with Crippen molar-refractivity contribution in [1.82, 2.24) is 10.1 Å². The number of rotatable bonds is 5. The van der Waals surface area contributed by atoms with E-state index in [4.69, 9.17) is 4.52 Å². The first-order valence-corrected chi connectivity index (χ1v) is 10.3. The number of para-hydroxylation sites is 1. The first-order valence-electron chi connectivity index (χ1n) is 9.51. The third-order valence-electron chi connectivity index (χ3n) is 4.67. The Morgan fingerprint density at radius 1 is 0.900 bits per heavy atom. The normalized spacial score (nSPS) is 10.9.